The van der Waals surface area contributed by atoms with E-state index >= 15 is 0 Å². The van der Waals surface area contributed by atoms with Crippen molar-refractivity contribution < 1.29 is 4.74 Å². The van der Waals surface area contributed by atoms with Gasteiger partial charge in [0, 0.05) is 5.56 Å². The molecule has 100 valence electrons. The molecule has 0 aliphatic carbocycles. The highest BCUT2D eigenvalue weighted by Crippen LogP contribution is 2.27. The summed E-state index contributed by atoms with van der Waals surface area (Å²) >= 11 is 1.51. The molecular weight excluding hydrogens is 272 g/mol. The number of nitriles is 1. The predicted molar refractivity (Wildman–Crippen MR) is 76.9 cm³/mol. The van der Waals surface area contributed by atoms with Crippen LogP contribution in [0.15, 0.2) is 24.3 Å². The Morgan fingerprint density at radius 1 is 1.35 bits per heavy atom. The molecule has 0 aliphatic heterocycles. The molecule has 0 N–H and O–H groups in total. The highest BCUT2D eigenvalue weighted by atomic mass is 32.1. The van der Waals surface area contributed by atoms with E-state index < -0.39 is 0 Å². The SMILES string of the molecule is CCc1nn2c(C#N)c(-c3ccc(OC)cc3)nc2s1. The molecular formula is C14H12N4OS. The lowest BCUT2D eigenvalue weighted by atomic mass is 10.1. The zero-order valence-electron chi connectivity index (χ0n) is 11.1. The van der Waals surface area contributed by atoms with Gasteiger partial charge in [-0.3, -0.25) is 0 Å². The highest BCUT2D eigenvalue weighted by molar-refractivity contribution is 7.16. The summed E-state index contributed by atoms with van der Waals surface area (Å²) in [5.74, 6) is 0.777. The molecule has 20 heavy (non-hydrogen) atoms. The number of methoxy groups -OCH3 is 1. The van der Waals surface area contributed by atoms with Crippen LogP contribution in [-0.2, 0) is 6.42 Å². The molecule has 2 heterocycles. The Morgan fingerprint density at radius 2 is 2.10 bits per heavy atom. The van der Waals surface area contributed by atoms with Crippen LogP contribution >= 0.6 is 11.3 Å². The first kappa shape index (κ1) is 12.6. The molecule has 0 fully saturated rings. The molecule has 0 aliphatic rings. The van der Waals surface area contributed by atoms with E-state index in [1.54, 1.807) is 11.6 Å². The second-order valence-electron chi connectivity index (χ2n) is 4.19. The number of nitrogens with zero attached hydrogens (tertiary/aromatic N) is 4. The number of imidazole rings is 1. The van der Waals surface area contributed by atoms with Crippen molar-refractivity contribution in [3.8, 4) is 23.1 Å². The van der Waals surface area contributed by atoms with Gasteiger partial charge in [0.05, 0.1) is 7.11 Å². The summed E-state index contributed by atoms with van der Waals surface area (Å²) in [5.41, 5.74) is 2.02. The van der Waals surface area contributed by atoms with E-state index in [0.717, 1.165) is 27.7 Å². The van der Waals surface area contributed by atoms with Crippen LogP contribution in [0.25, 0.3) is 16.2 Å². The Balaban J connectivity index is 2.15. The number of hydrogen-bond donors (Lipinski definition) is 0. The molecule has 6 heteroatoms. The average molecular weight is 284 g/mol. The van der Waals surface area contributed by atoms with Crippen LogP contribution < -0.4 is 4.74 Å². The Labute approximate surface area is 120 Å². The number of benzene rings is 1. The minimum absolute atomic E-state index is 0.473. The molecule has 3 aromatic rings. The van der Waals surface area contributed by atoms with Crippen molar-refractivity contribution in [1.82, 2.24) is 14.6 Å². The molecule has 3 rings (SSSR count). The van der Waals surface area contributed by atoms with Gasteiger partial charge in [-0.2, -0.15) is 14.9 Å². The van der Waals surface area contributed by atoms with E-state index in [2.05, 4.69) is 16.2 Å². The zero-order chi connectivity index (χ0) is 14.1. The topological polar surface area (TPSA) is 63.2 Å². The quantitative estimate of drug-likeness (QED) is 0.742. The zero-order valence-corrected chi connectivity index (χ0v) is 11.9. The van der Waals surface area contributed by atoms with Crippen molar-refractivity contribution in [1.29, 1.82) is 5.26 Å². The Bertz CT molecular complexity index is 795. The van der Waals surface area contributed by atoms with Gasteiger partial charge in [0.2, 0.25) is 4.96 Å². The number of aryl methyl sites for hydroxylation is 1. The minimum Gasteiger partial charge on any atom is -0.497 e. The van der Waals surface area contributed by atoms with Crippen LogP contribution in [-0.4, -0.2) is 21.7 Å². The van der Waals surface area contributed by atoms with Gasteiger partial charge < -0.3 is 4.74 Å². The number of rotatable bonds is 3. The van der Waals surface area contributed by atoms with Gasteiger partial charge in [-0.25, -0.2) is 4.98 Å². The van der Waals surface area contributed by atoms with Crippen molar-refractivity contribution in [2.45, 2.75) is 13.3 Å². The first-order chi connectivity index (χ1) is 9.76. The van der Waals surface area contributed by atoms with Gasteiger partial charge in [0.25, 0.3) is 0 Å². The van der Waals surface area contributed by atoms with Crippen molar-refractivity contribution >= 4 is 16.3 Å². The van der Waals surface area contributed by atoms with Crippen molar-refractivity contribution in [2.24, 2.45) is 0 Å². The molecule has 0 saturated heterocycles. The number of fused-ring (bicyclic) bond motifs is 1. The van der Waals surface area contributed by atoms with Crippen molar-refractivity contribution in [3.05, 3.63) is 35.0 Å². The van der Waals surface area contributed by atoms with Crippen molar-refractivity contribution in [2.75, 3.05) is 7.11 Å². The number of aromatic nitrogens is 3. The molecule has 0 saturated carbocycles. The monoisotopic (exact) mass is 284 g/mol. The summed E-state index contributed by atoms with van der Waals surface area (Å²) in [6.45, 7) is 2.04. The Morgan fingerprint density at radius 3 is 2.70 bits per heavy atom. The van der Waals surface area contributed by atoms with E-state index in [1.807, 2.05) is 31.2 Å². The lowest BCUT2D eigenvalue weighted by Crippen LogP contribution is -1.92. The molecule has 0 unspecified atom stereocenters. The third kappa shape index (κ3) is 1.92. The first-order valence-corrected chi connectivity index (χ1v) is 7.01. The van der Waals surface area contributed by atoms with Crippen LogP contribution in [0.3, 0.4) is 0 Å². The fraction of sp³-hybridized carbons (Fsp3) is 0.214. The van der Waals surface area contributed by atoms with E-state index in [9.17, 15) is 5.26 Å². The minimum atomic E-state index is 0.473. The first-order valence-electron chi connectivity index (χ1n) is 6.19. The molecule has 0 spiro atoms. The summed E-state index contributed by atoms with van der Waals surface area (Å²) in [7, 11) is 1.62. The molecule has 1 aromatic carbocycles. The summed E-state index contributed by atoms with van der Waals surface area (Å²) in [6.07, 6.45) is 0.844. The maximum absolute atomic E-state index is 9.38. The third-order valence-corrected chi connectivity index (χ3v) is 4.07. The van der Waals surface area contributed by atoms with Crippen LogP contribution in [0.1, 0.15) is 17.6 Å². The molecule has 0 atom stereocenters. The van der Waals surface area contributed by atoms with E-state index in [0.29, 0.717) is 11.4 Å². The van der Waals surface area contributed by atoms with Gasteiger partial charge >= 0.3 is 0 Å². The second-order valence-corrected chi connectivity index (χ2v) is 5.23. The summed E-state index contributed by atoms with van der Waals surface area (Å²) in [6, 6.07) is 9.70. The van der Waals surface area contributed by atoms with Crippen molar-refractivity contribution in [3.63, 3.8) is 0 Å². The number of hydrogen-bond acceptors (Lipinski definition) is 5. The third-order valence-electron chi connectivity index (χ3n) is 3.02. The normalized spacial score (nSPS) is 10.7. The van der Waals surface area contributed by atoms with Gasteiger partial charge in [0.1, 0.15) is 22.5 Å². The standard InChI is InChI=1S/C14H12N4OS/c1-3-12-17-18-11(8-15)13(16-14(18)20-12)9-4-6-10(19-2)7-5-9/h4-7H,3H2,1-2H3. The fourth-order valence-electron chi connectivity index (χ4n) is 1.98. The lowest BCUT2D eigenvalue weighted by Gasteiger charge is -2.01. The van der Waals surface area contributed by atoms with E-state index in [-0.39, 0.29) is 0 Å². The van der Waals surface area contributed by atoms with Gasteiger partial charge in [-0.05, 0) is 30.7 Å². The largest absolute Gasteiger partial charge is 0.497 e. The molecule has 0 radical (unpaired) electrons. The number of ether oxygens (including phenoxy) is 1. The molecule has 0 bridgehead atoms. The highest BCUT2D eigenvalue weighted by Gasteiger charge is 2.17. The van der Waals surface area contributed by atoms with Crippen LogP contribution in [0, 0.1) is 11.3 Å². The van der Waals surface area contributed by atoms with Gasteiger partial charge in [-0.15, -0.1) is 0 Å². The average Bonchev–Trinajstić information content (AvgIpc) is 3.04. The van der Waals surface area contributed by atoms with Crippen LogP contribution in [0.2, 0.25) is 0 Å². The predicted octanol–water partition coefficient (Wildman–Crippen LogP) is 2.90. The fourth-order valence-corrected chi connectivity index (χ4v) is 2.81. The van der Waals surface area contributed by atoms with Gasteiger partial charge in [0.15, 0.2) is 5.69 Å². The Kier molecular flexibility index (Phi) is 3.12. The van der Waals surface area contributed by atoms with Crippen LogP contribution in [0.4, 0.5) is 0 Å². The second kappa shape index (κ2) is 4.94. The summed E-state index contributed by atoms with van der Waals surface area (Å²) < 4.78 is 6.76. The van der Waals surface area contributed by atoms with E-state index in [4.69, 9.17) is 4.74 Å². The molecule has 2 aromatic heterocycles. The Hall–Kier alpha value is -2.39. The van der Waals surface area contributed by atoms with E-state index in [1.165, 1.54) is 11.3 Å². The maximum Gasteiger partial charge on any atom is 0.214 e. The maximum atomic E-state index is 9.38. The van der Waals surface area contributed by atoms with Crippen LogP contribution in [0.5, 0.6) is 5.75 Å². The lowest BCUT2D eigenvalue weighted by molar-refractivity contribution is 0.415. The smallest absolute Gasteiger partial charge is 0.214 e. The molecule has 5 nitrogen and oxygen atoms in total. The molecule has 0 amide bonds. The van der Waals surface area contributed by atoms with Gasteiger partial charge in [-0.1, -0.05) is 18.3 Å². The summed E-state index contributed by atoms with van der Waals surface area (Å²) in [5, 5.41) is 14.8. The summed E-state index contributed by atoms with van der Waals surface area (Å²) in [4.78, 5) is 5.29.